The summed E-state index contributed by atoms with van der Waals surface area (Å²) in [5.41, 5.74) is 0.957. The third kappa shape index (κ3) is 3.06. The molecule has 90 valence electrons. The first-order valence-corrected chi connectivity index (χ1v) is 5.57. The van der Waals surface area contributed by atoms with Crippen molar-refractivity contribution in [3.8, 4) is 5.75 Å². The molecule has 1 aliphatic rings. The molecule has 17 heavy (non-hydrogen) atoms. The van der Waals surface area contributed by atoms with Crippen LogP contribution in [0.15, 0.2) is 29.3 Å². The molecule has 0 bridgehead atoms. The summed E-state index contributed by atoms with van der Waals surface area (Å²) in [5, 5.41) is 0. The SMILES string of the molecule is COc1ccc(COC(=O)C2CC=NC2)cc1. The molecule has 0 saturated carbocycles. The Balaban J connectivity index is 1.82. The predicted octanol–water partition coefficient (Wildman–Crippen LogP) is 1.83. The van der Waals surface area contributed by atoms with E-state index in [1.807, 2.05) is 24.3 Å². The van der Waals surface area contributed by atoms with Gasteiger partial charge < -0.3 is 9.47 Å². The third-order valence-corrected chi connectivity index (χ3v) is 2.72. The number of hydrogen-bond acceptors (Lipinski definition) is 4. The quantitative estimate of drug-likeness (QED) is 0.745. The van der Waals surface area contributed by atoms with E-state index in [4.69, 9.17) is 9.47 Å². The van der Waals surface area contributed by atoms with Crippen LogP contribution in [-0.4, -0.2) is 25.8 Å². The van der Waals surface area contributed by atoms with E-state index in [1.54, 1.807) is 13.3 Å². The lowest BCUT2D eigenvalue weighted by Crippen LogP contribution is -2.17. The number of benzene rings is 1. The van der Waals surface area contributed by atoms with E-state index in [1.165, 1.54) is 0 Å². The Bertz CT molecular complexity index is 403. The highest BCUT2D eigenvalue weighted by Crippen LogP contribution is 2.14. The van der Waals surface area contributed by atoms with Crippen LogP contribution >= 0.6 is 0 Å². The summed E-state index contributed by atoms with van der Waals surface area (Å²) in [6.45, 7) is 0.862. The van der Waals surface area contributed by atoms with Crippen molar-refractivity contribution in [1.29, 1.82) is 0 Å². The van der Waals surface area contributed by atoms with Crippen LogP contribution in [0.4, 0.5) is 0 Å². The molecule has 4 nitrogen and oxygen atoms in total. The maximum atomic E-state index is 11.6. The first-order chi connectivity index (χ1) is 8.29. The van der Waals surface area contributed by atoms with Crippen LogP contribution < -0.4 is 4.74 Å². The Kier molecular flexibility index (Phi) is 3.75. The van der Waals surface area contributed by atoms with Crippen LogP contribution in [0.3, 0.4) is 0 Å². The normalized spacial score (nSPS) is 18.1. The maximum Gasteiger partial charge on any atom is 0.311 e. The standard InChI is InChI=1S/C13H15NO3/c1-16-12-4-2-10(3-5-12)9-17-13(15)11-6-7-14-8-11/h2-5,7,11H,6,8-9H2,1H3. The van der Waals surface area contributed by atoms with Crippen molar-refractivity contribution < 1.29 is 14.3 Å². The monoisotopic (exact) mass is 233 g/mol. The van der Waals surface area contributed by atoms with Crippen molar-refractivity contribution in [2.24, 2.45) is 10.9 Å². The fraction of sp³-hybridized carbons (Fsp3) is 0.385. The number of nitrogens with zero attached hydrogens (tertiary/aromatic N) is 1. The zero-order valence-corrected chi connectivity index (χ0v) is 9.76. The Hall–Kier alpha value is -1.84. The maximum absolute atomic E-state index is 11.6. The van der Waals surface area contributed by atoms with Gasteiger partial charge in [0.1, 0.15) is 12.4 Å². The van der Waals surface area contributed by atoms with Gasteiger partial charge in [-0.3, -0.25) is 9.79 Å². The van der Waals surface area contributed by atoms with E-state index in [9.17, 15) is 4.79 Å². The smallest absolute Gasteiger partial charge is 0.311 e. The number of carbonyl (C=O) groups excluding carboxylic acids is 1. The molecule has 1 heterocycles. The minimum Gasteiger partial charge on any atom is -0.497 e. The lowest BCUT2D eigenvalue weighted by atomic mass is 10.1. The van der Waals surface area contributed by atoms with Crippen molar-refractivity contribution in [3.63, 3.8) is 0 Å². The molecule has 1 atom stereocenters. The van der Waals surface area contributed by atoms with Gasteiger partial charge in [-0.1, -0.05) is 12.1 Å². The minimum atomic E-state index is -0.168. The van der Waals surface area contributed by atoms with E-state index in [0.29, 0.717) is 19.6 Å². The molecular formula is C13H15NO3. The average molecular weight is 233 g/mol. The third-order valence-electron chi connectivity index (χ3n) is 2.72. The van der Waals surface area contributed by atoms with E-state index in [0.717, 1.165) is 11.3 Å². The van der Waals surface area contributed by atoms with Crippen LogP contribution in [-0.2, 0) is 16.1 Å². The second-order valence-electron chi connectivity index (χ2n) is 3.94. The Morgan fingerprint density at radius 1 is 1.41 bits per heavy atom. The molecule has 1 aliphatic heterocycles. The first kappa shape index (κ1) is 11.6. The summed E-state index contributed by atoms with van der Waals surface area (Å²) in [7, 11) is 1.62. The fourth-order valence-corrected chi connectivity index (χ4v) is 1.64. The van der Waals surface area contributed by atoms with E-state index in [2.05, 4.69) is 4.99 Å². The molecule has 1 aromatic carbocycles. The molecule has 0 saturated heterocycles. The van der Waals surface area contributed by atoms with Crippen LogP contribution in [0.1, 0.15) is 12.0 Å². The molecule has 1 unspecified atom stereocenters. The molecule has 0 aliphatic carbocycles. The minimum absolute atomic E-state index is 0.0896. The number of ether oxygens (including phenoxy) is 2. The van der Waals surface area contributed by atoms with Gasteiger partial charge >= 0.3 is 5.97 Å². The average Bonchev–Trinajstić information content (AvgIpc) is 2.90. The van der Waals surface area contributed by atoms with Crippen molar-refractivity contribution in [1.82, 2.24) is 0 Å². The van der Waals surface area contributed by atoms with Crippen molar-refractivity contribution in [2.45, 2.75) is 13.0 Å². The van der Waals surface area contributed by atoms with Gasteiger partial charge in [-0.2, -0.15) is 0 Å². The van der Waals surface area contributed by atoms with Crippen LogP contribution in [0, 0.1) is 5.92 Å². The second kappa shape index (κ2) is 5.48. The topological polar surface area (TPSA) is 47.9 Å². The summed E-state index contributed by atoms with van der Waals surface area (Å²) < 4.78 is 10.3. The Morgan fingerprint density at radius 2 is 2.18 bits per heavy atom. The van der Waals surface area contributed by atoms with Gasteiger partial charge in [-0.05, 0) is 30.3 Å². The zero-order chi connectivity index (χ0) is 12.1. The largest absolute Gasteiger partial charge is 0.497 e. The first-order valence-electron chi connectivity index (χ1n) is 5.57. The molecule has 0 amide bonds. The van der Waals surface area contributed by atoms with Gasteiger partial charge in [0.15, 0.2) is 0 Å². The summed E-state index contributed by atoms with van der Waals surface area (Å²) in [5.74, 6) is 0.538. The van der Waals surface area contributed by atoms with Crippen molar-refractivity contribution in [2.75, 3.05) is 13.7 Å². The molecule has 0 spiro atoms. The number of hydrogen-bond donors (Lipinski definition) is 0. The van der Waals surface area contributed by atoms with Crippen LogP contribution in [0.2, 0.25) is 0 Å². The zero-order valence-electron chi connectivity index (χ0n) is 9.76. The number of rotatable bonds is 4. The molecule has 0 aromatic heterocycles. The van der Waals surface area contributed by atoms with Crippen molar-refractivity contribution in [3.05, 3.63) is 29.8 Å². The van der Waals surface area contributed by atoms with E-state index >= 15 is 0 Å². The second-order valence-corrected chi connectivity index (χ2v) is 3.94. The number of carbonyl (C=O) groups is 1. The summed E-state index contributed by atoms with van der Waals surface area (Å²) in [6.07, 6.45) is 2.47. The van der Waals surface area contributed by atoms with Gasteiger partial charge in [0, 0.05) is 0 Å². The molecule has 4 heteroatoms. The van der Waals surface area contributed by atoms with Crippen LogP contribution in [0.25, 0.3) is 0 Å². The molecular weight excluding hydrogens is 218 g/mol. The highest BCUT2D eigenvalue weighted by atomic mass is 16.5. The van der Waals surface area contributed by atoms with E-state index in [-0.39, 0.29) is 11.9 Å². The number of methoxy groups -OCH3 is 1. The predicted molar refractivity (Wildman–Crippen MR) is 64.3 cm³/mol. The summed E-state index contributed by atoms with van der Waals surface area (Å²) in [4.78, 5) is 15.6. The molecule has 0 N–H and O–H groups in total. The highest BCUT2D eigenvalue weighted by molar-refractivity contribution is 5.78. The van der Waals surface area contributed by atoms with Gasteiger partial charge in [-0.15, -0.1) is 0 Å². The molecule has 2 rings (SSSR count). The van der Waals surface area contributed by atoms with E-state index < -0.39 is 0 Å². The van der Waals surface area contributed by atoms with Gasteiger partial charge in [-0.25, -0.2) is 0 Å². The number of esters is 1. The van der Waals surface area contributed by atoms with Crippen LogP contribution in [0.5, 0.6) is 5.75 Å². The lowest BCUT2D eigenvalue weighted by molar-refractivity contribution is -0.149. The molecule has 1 aromatic rings. The molecule has 0 radical (unpaired) electrons. The van der Waals surface area contributed by atoms with Gasteiger partial charge in [0.25, 0.3) is 0 Å². The Labute approximate surface area is 100 Å². The number of aliphatic imine (C=N–C) groups is 1. The van der Waals surface area contributed by atoms with Gasteiger partial charge in [0.2, 0.25) is 0 Å². The highest BCUT2D eigenvalue weighted by Gasteiger charge is 2.21. The van der Waals surface area contributed by atoms with Crippen molar-refractivity contribution >= 4 is 12.2 Å². The summed E-state index contributed by atoms with van der Waals surface area (Å²) >= 11 is 0. The lowest BCUT2D eigenvalue weighted by Gasteiger charge is -2.09. The summed E-state index contributed by atoms with van der Waals surface area (Å²) in [6, 6.07) is 7.47. The van der Waals surface area contributed by atoms with Gasteiger partial charge in [0.05, 0.1) is 19.6 Å². The Morgan fingerprint density at radius 3 is 2.76 bits per heavy atom. The fourth-order valence-electron chi connectivity index (χ4n) is 1.64. The molecule has 0 fully saturated rings.